The van der Waals surface area contributed by atoms with Crippen molar-refractivity contribution in [3.8, 4) is 5.69 Å². The van der Waals surface area contributed by atoms with E-state index in [2.05, 4.69) is 15.7 Å². The van der Waals surface area contributed by atoms with Crippen LogP contribution in [0.15, 0.2) is 42.7 Å². The molecule has 2 atom stereocenters. The van der Waals surface area contributed by atoms with Crippen LogP contribution in [0.5, 0.6) is 0 Å². The number of nitrogens with one attached hydrogen (secondary N) is 2. The van der Waals surface area contributed by atoms with Crippen molar-refractivity contribution in [2.75, 3.05) is 13.6 Å². The summed E-state index contributed by atoms with van der Waals surface area (Å²) in [6, 6.07) is 8.77. The lowest BCUT2D eigenvalue weighted by atomic mass is 10.1. The van der Waals surface area contributed by atoms with E-state index in [1.165, 1.54) is 0 Å². The summed E-state index contributed by atoms with van der Waals surface area (Å²) in [5.41, 5.74) is 1.94. The number of carbonyl (C=O) groups is 2. The number of nitrogens with zero attached hydrogens (tertiary/aromatic N) is 3. The summed E-state index contributed by atoms with van der Waals surface area (Å²) in [4.78, 5) is 25.5. The maximum Gasteiger partial charge on any atom is 0.315 e. The zero-order valence-corrected chi connectivity index (χ0v) is 13.8. The number of benzene rings is 1. The number of carbonyl (C=O) groups excluding carboxylic acids is 2. The number of amides is 3. The van der Waals surface area contributed by atoms with Gasteiger partial charge in [-0.1, -0.05) is 12.1 Å². The Morgan fingerprint density at radius 2 is 2.08 bits per heavy atom. The minimum Gasteiger partial charge on any atom is -0.344 e. The SMILES string of the molecule is C[C@@H](NC(=O)N[C@H]1CCN(C)C1=O)c1ccc(-n2cccn2)cc1. The molecule has 3 rings (SSSR count). The molecule has 0 aliphatic carbocycles. The molecule has 1 saturated heterocycles. The van der Waals surface area contributed by atoms with Crippen molar-refractivity contribution in [3.05, 3.63) is 48.3 Å². The van der Waals surface area contributed by atoms with Gasteiger partial charge in [-0.2, -0.15) is 5.10 Å². The number of hydrogen-bond donors (Lipinski definition) is 2. The lowest BCUT2D eigenvalue weighted by molar-refractivity contribution is -0.128. The highest BCUT2D eigenvalue weighted by atomic mass is 16.2. The lowest BCUT2D eigenvalue weighted by Crippen LogP contribution is -2.46. The summed E-state index contributed by atoms with van der Waals surface area (Å²) in [5.74, 6) is -0.0404. The van der Waals surface area contributed by atoms with E-state index in [1.54, 1.807) is 22.8 Å². The van der Waals surface area contributed by atoms with Crippen molar-refractivity contribution in [1.82, 2.24) is 25.3 Å². The second-order valence-electron chi connectivity index (χ2n) is 5.98. The fourth-order valence-corrected chi connectivity index (χ4v) is 2.77. The number of rotatable bonds is 4. The second-order valence-corrected chi connectivity index (χ2v) is 5.98. The van der Waals surface area contributed by atoms with Crippen LogP contribution in [-0.4, -0.2) is 46.3 Å². The van der Waals surface area contributed by atoms with Gasteiger partial charge in [-0.15, -0.1) is 0 Å². The molecule has 0 unspecified atom stereocenters. The molecule has 0 spiro atoms. The number of aromatic nitrogens is 2. The Kier molecular flexibility index (Phi) is 4.50. The van der Waals surface area contributed by atoms with E-state index in [0.717, 1.165) is 11.3 Å². The van der Waals surface area contributed by atoms with Gasteiger partial charge >= 0.3 is 6.03 Å². The molecule has 2 N–H and O–H groups in total. The standard InChI is InChI=1S/C17H21N5O2/c1-12(19-17(24)20-15-8-11-21(2)16(15)23)13-4-6-14(7-5-13)22-10-3-9-18-22/h3-7,9-10,12,15H,8,11H2,1-2H3,(H2,19,20,24)/t12-,15+/m1/s1. The van der Waals surface area contributed by atoms with Crippen LogP contribution in [0.1, 0.15) is 24.9 Å². The van der Waals surface area contributed by atoms with Crippen LogP contribution < -0.4 is 10.6 Å². The first-order chi connectivity index (χ1) is 11.5. The smallest absolute Gasteiger partial charge is 0.315 e. The minimum atomic E-state index is -0.426. The van der Waals surface area contributed by atoms with Crippen molar-refractivity contribution in [2.45, 2.75) is 25.4 Å². The summed E-state index contributed by atoms with van der Waals surface area (Å²) in [7, 11) is 1.74. The van der Waals surface area contributed by atoms with E-state index < -0.39 is 6.04 Å². The highest BCUT2D eigenvalue weighted by Gasteiger charge is 2.30. The Morgan fingerprint density at radius 1 is 1.33 bits per heavy atom. The molecule has 3 amide bonds. The number of hydrogen-bond acceptors (Lipinski definition) is 3. The molecule has 1 aliphatic heterocycles. The van der Waals surface area contributed by atoms with E-state index in [4.69, 9.17) is 0 Å². The monoisotopic (exact) mass is 327 g/mol. The first-order valence-electron chi connectivity index (χ1n) is 7.96. The molecule has 0 saturated carbocycles. The molecule has 7 nitrogen and oxygen atoms in total. The van der Waals surface area contributed by atoms with E-state index in [9.17, 15) is 9.59 Å². The molecule has 126 valence electrons. The first kappa shape index (κ1) is 16.0. The second kappa shape index (κ2) is 6.74. The van der Waals surface area contributed by atoms with Gasteiger partial charge in [0.1, 0.15) is 6.04 Å². The average molecular weight is 327 g/mol. The molecule has 2 heterocycles. The molecule has 1 aromatic carbocycles. The predicted octanol–water partition coefficient (Wildman–Crippen LogP) is 1.46. The van der Waals surface area contributed by atoms with Gasteiger partial charge in [-0.25, -0.2) is 9.48 Å². The maximum atomic E-state index is 12.1. The summed E-state index contributed by atoms with van der Waals surface area (Å²) in [6.45, 7) is 2.58. The normalized spacial score (nSPS) is 18.5. The van der Waals surface area contributed by atoms with E-state index in [1.807, 2.05) is 43.5 Å². The van der Waals surface area contributed by atoms with Gasteiger partial charge in [0.2, 0.25) is 5.91 Å². The quantitative estimate of drug-likeness (QED) is 0.892. The first-order valence-corrected chi connectivity index (χ1v) is 7.96. The third kappa shape index (κ3) is 3.40. The number of likely N-dealkylation sites (N-methyl/N-ethyl adjacent to an activating group) is 1. The summed E-state index contributed by atoms with van der Waals surface area (Å²) in [6.07, 6.45) is 4.25. The summed E-state index contributed by atoms with van der Waals surface area (Å²) >= 11 is 0. The molecular weight excluding hydrogens is 306 g/mol. The van der Waals surface area contributed by atoms with Crippen LogP contribution in [0.2, 0.25) is 0 Å². The van der Waals surface area contributed by atoms with Crippen LogP contribution in [0.4, 0.5) is 4.79 Å². The zero-order chi connectivity index (χ0) is 17.1. The molecule has 1 fully saturated rings. The largest absolute Gasteiger partial charge is 0.344 e. The van der Waals surface area contributed by atoms with E-state index >= 15 is 0 Å². The highest BCUT2D eigenvalue weighted by molar-refractivity contribution is 5.88. The Balaban J connectivity index is 1.57. The van der Waals surface area contributed by atoms with Gasteiger partial charge in [0, 0.05) is 26.0 Å². The van der Waals surface area contributed by atoms with Crippen LogP contribution in [0, 0.1) is 0 Å². The molecular formula is C17H21N5O2. The molecule has 1 aromatic heterocycles. The maximum absolute atomic E-state index is 12.1. The van der Waals surface area contributed by atoms with Crippen LogP contribution >= 0.6 is 0 Å². The van der Waals surface area contributed by atoms with Crippen molar-refractivity contribution in [3.63, 3.8) is 0 Å². The van der Waals surface area contributed by atoms with Gasteiger partial charge in [-0.3, -0.25) is 4.79 Å². The van der Waals surface area contributed by atoms with Crippen molar-refractivity contribution in [1.29, 1.82) is 0 Å². The van der Waals surface area contributed by atoms with Gasteiger partial charge < -0.3 is 15.5 Å². The number of likely N-dealkylation sites (tertiary alicyclic amines) is 1. The third-order valence-corrected chi connectivity index (χ3v) is 4.24. The van der Waals surface area contributed by atoms with Crippen LogP contribution in [0.3, 0.4) is 0 Å². The van der Waals surface area contributed by atoms with Crippen molar-refractivity contribution in [2.24, 2.45) is 0 Å². The molecule has 1 aliphatic rings. The predicted molar refractivity (Wildman–Crippen MR) is 89.7 cm³/mol. The van der Waals surface area contributed by atoms with Gasteiger partial charge in [0.05, 0.1) is 11.7 Å². The van der Waals surface area contributed by atoms with Gasteiger partial charge in [0.25, 0.3) is 0 Å². The van der Waals surface area contributed by atoms with Crippen LogP contribution in [0.25, 0.3) is 5.69 Å². The zero-order valence-electron chi connectivity index (χ0n) is 13.8. The van der Waals surface area contributed by atoms with Crippen molar-refractivity contribution >= 4 is 11.9 Å². The Morgan fingerprint density at radius 3 is 2.67 bits per heavy atom. The Hall–Kier alpha value is -2.83. The fraction of sp³-hybridized carbons (Fsp3) is 0.353. The molecule has 7 heteroatoms. The summed E-state index contributed by atoms with van der Waals surface area (Å²) in [5, 5.41) is 9.79. The topological polar surface area (TPSA) is 79.3 Å². The Bertz CT molecular complexity index is 711. The molecule has 0 bridgehead atoms. The van der Waals surface area contributed by atoms with Gasteiger partial charge in [-0.05, 0) is 37.1 Å². The highest BCUT2D eigenvalue weighted by Crippen LogP contribution is 2.15. The van der Waals surface area contributed by atoms with E-state index in [0.29, 0.717) is 13.0 Å². The van der Waals surface area contributed by atoms with Gasteiger partial charge in [0.15, 0.2) is 0 Å². The third-order valence-electron chi connectivity index (χ3n) is 4.24. The lowest BCUT2D eigenvalue weighted by Gasteiger charge is -2.18. The van der Waals surface area contributed by atoms with E-state index in [-0.39, 0.29) is 18.0 Å². The Labute approximate surface area is 140 Å². The fourth-order valence-electron chi connectivity index (χ4n) is 2.77. The number of urea groups is 1. The molecule has 0 radical (unpaired) electrons. The molecule has 2 aromatic rings. The van der Waals surface area contributed by atoms with Crippen LogP contribution in [-0.2, 0) is 4.79 Å². The average Bonchev–Trinajstić information content (AvgIpc) is 3.21. The van der Waals surface area contributed by atoms with Crippen molar-refractivity contribution < 1.29 is 9.59 Å². The minimum absolute atomic E-state index is 0.0404. The summed E-state index contributed by atoms with van der Waals surface area (Å²) < 4.78 is 1.77. The molecule has 24 heavy (non-hydrogen) atoms.